The number of nitrogens with zero attached hydrogens (tertiary/aromatic N) is 2. The molecular formula is C14H23N3O2S. The molecule has 1 aliphatic heterocycles. The summed E-state index contributed by atoms with van der Waals surface area (Å²) in [4.78, 5) is 4.47. The average molecular weight is 297 g/mol. The standard InChI is InChI=1S/C14H23N3O2S/c1-4-9-15-13-12(7-5-10-16-13)20(18,19)17-11-6-8-14(17,2)3/h5,7,10H,4,6,8-9,11H2,1-3H3,(H,15,16). The summed E-state index contributed by atoms with van der Waals surface area (Å²) in [5.74, 6) is 0.456. The lowest BCUT2D eigenvalue weighted by Crippen LogP contribution is -2.42. The normalized spacial score (nSPS) is 19.1. The number of nitrogens with one attached hydrogen (secondary N) is 1. The highest BCUT2D eigenvalue weighted by Gasteiger charge is 2.41. The van der Waals surface area contributed by atoms with Gasteiger partial charge in [-0.15, -0.1) is 0 Å². The molecule has 0 aliphatic carbocycles. The topological polar surface area (TPSA) is 62.3 Å². The summed E-state index contributed by atoms with van der Waals surface area (Å²) < 4.78 is 27.4. The Bertz CT molecular complexity index is 570. The van der Waals surface area contributed by atoms with Crippen LogP contribution >= 0.6 is 0 Å². The van der Waals surface area contributed by atoms with E-state index >= 15 is 0 Å². The van der Waals surface area contributed by atoms with Crippen molar-refractivity contribution in [2.75, 3.05) is 18.4 Å². The third-order valence-corrected chi connectivity index (χ3v) is 5.85. The van der Waals surface area contributed by atoms with Gasteiger partial charge in [-0.2, -0.15) is 4.31 Å². The van der Waals surface area contributed by atoms with Gasteiger partial charge in [0.25, 0.3) is 0 Å². The van der Waals surface area contributed by atoms with E-state index in [2.05, 4.69) is 10.3 Å². The van der Waals surface area contributed by atoms with Gasteiger partial charge in [0.1, 0.15) is 10.7 Å². The van der Waals surface area contributed by atoms with Crippen molar-refractivity contribution >= 4 is 15.8 Å². The average Bonchev–Trinajstić information content (AvgIpc) is 2.77. The van der Waals surface area contributed by atoms with Crippen LogP contribution in [0.2, 0.25) is 0 Å². The van der Waals surface area contributed by atoms with E-state index in [-0.39, 0.29) is 10.4 Å². The smallest absolute Gasteiger partial charge is 0.247 e. The van der Waals surface area contributed by atoms with Crippen molar-refractivity contribution in [2.45, 2.75) is 50.5 Å². The molecule has 1 aromatic rings. The Morgan fingerprint density at radius 1 is 1.45 bits per heavy atom. The molecule has 2 rings (SSSR count). The van der Waals surface area contributed by atoms with Crippen LogP contribution in [0.15, 0.2) is 23.2 Å². The third-order valence-electron chi connectivity index (χ3n) is 3.71. The Morgan fingerprint density at radius 3 is 2.80 bits per heavy atom. The van der Waals surface area contributed by atoms with Gasteiger partial charge in [0, 0.05) is 24.8 Å². The quantitative estimate of drug-likeness (QED) is 0.907. The molecule has 0 atom stereocenters. The Kier molecular flexibility index (Phi) is 4.34. The Labute approximate surface area is 121 Å². The molecule has 112 valence electrons. The second kappa shape index (κ2) is 5.69. The summed E-state index contributed by atoms with van der Waals surface area (Å²) in [6, 6.07) is 3.31. The first-order valence-electron chi connectivity index (χ1n) is 7.11. The second-order valence-electron chi connectivity index (χ2n) is 5.77. The zero-order chi connectivity index (χ0) is 14.8. The van der Waals surface area contributed by atoms with Gasteiger partial charge in [-0.1, -0.05) is 6.92 Å². The van der Waals surface area contributed by atoms with E-state index in [9.17, 15) is 8.42 Å². The minimum atomic E-state index is -3.50. The molecule has 0 aromatic carbocycles. The maximum atomic E-state index is 12.9. The summed E-state index contributed by atoms with van der Waals surface area (Å²) in [5, 5.41) is 3.10. The van der Waals surface area contributed by atoms with Crippen LogP contribution in [0.3, 0.4) is 0 Å². The van der Waals surface area contributed by atoms with Crippen molar-refractivity contribution in [3.63, 3.8) is 0 Å². The number of anilines is 1. The van der Waals surface area contributed by atoms with Crippen molar-refractivity contribution in [1.82, 2.24) is 9.29 Å². The van der Waals surface area contributed by atoms with Crippen molar-refractivity contribution in [3.05, 3.63) is 18.3 Å². The molecule has 6 heteroatoms. The van der Waals surface area contributed by atoms with E-state index in [1.807, 2.05) is 20.8 Å². The minimum Gasteiger partial charge on any atom is -0.369 e. The molecule has 1 aliphatic rings. The highest BCUT2D eigenvalue weighted by molar-refractivity contribution is 7.89. The van der Waals surface area contributed by atoms with Crippen LogP contribution in [0, 0.1) is 0 Å². The fourth-order valence-corrected chi connectivity index (χ4v) is 4.59. The highest BCUT2D eigenvalue weighted by Crippen LogP contribution is 2.35. The molecule has 1 fully saturated rings. The maximum Gasteiger partial charge on any atom is 0.247 e. The van der Waals surface area contributed by atoms with Gasteiger partial charge in [0.2, 0.25) is 10.0 Å². The molecule has 1 N–H and O–H groups in total. The lowest BCUT2D eigenvalue weighted by atomic mass is 10.0. The molecule has 20 heavy (non-hydrogen) atoms. The largest absolute Gasteiger partial charge is 0.369 e. The first kappa shape index (κ1) is 15.3. The SMILES string of the molecule is CCCNc1ncccc1S(=O)(=O)N1CCCC1(C)C. The van der Waals surface area contributed by atoms with E-state index < -0.39 is 10.0 Å². The number of rotatable bonds is 5. The van der Waals surface area contributed by atoms with E-state index in [1.54, 1.807) is 22.6 Å². The molecule has 2 heterocycles. The molecule has 0 unspecified atom stereocenters. The molecular weight excluding hydrogens is 274 g/mol. The van der Waals surface area contributed by atoms with Gasteiger partial charge in [0.05, 0.1) is 0 Å². The summed E-state index contributed by atoms with van der Waals surface area (Å²) in [5.41, 5.74) is -0.323. The molecule has 0 amide bonds. The number of pyridine rings is 1. The molecule has 0 spiro atoms. The summed E-state index contributed by atoms with van der Waals surface area (Å²) in [6.45, 7) is 7.29. The Morgan fingerprint density at radius 2 is 2.20 bits per heavy atom. The summed E-state index contributed by atoms with van der Waals surface area (Å²) in [6.07, 6.45) is 4.34. The van der Waals surface area contributed by atoms with Gasteiger partial charge < -0.3 is 5.32 Å². The van der Waals surface area contributed by atoms with Crippen LogP contribution in [-0.4, -0.2) is 36.3 Å². The number of hydrogen-bond donors (Lipinski definition) is 1. The van der Waals surface area contributed by atoms with E-state index in [0.29, 0.717) is 18.9 Å². The van der Waals surface area contributed by atoms with Crippen molar-refractivity contribution in [1.29, 1.82) is 0 Å². The molecule has 0 saturated carbocycles. The fourth-order valence-electron chi connectivity index (χ4n) is 2.62. The fraction of sp³-hybridized carbons (Fsp3) is 0.643. The summed E-state index contributed by atoms with van der Waals surface area (Å²) in [7, 11) is -3.50. The van der Waals surface area contributed by atoms with Crippen molar-refractivity contribution < 1.29 is 8.42 Å². The van der Waals surface area contributed by atoms with Crippen molar-refractivity contribution in [3.8, 4) is 0 Å². The zero-order valence-electron chi connectivity index (χ0n) is 12.4. The zero-order valence-corrected chi connectivity index (χ0v) is 13.2. The molecule has 0 bridgehead atoms. The molecule has 1 saturated heterocycles. The second-order valence-corrected chi connectivity index (χ2v) is 7.60. The Balaban J connectivity index is 2.39. The van der Waals surface area contributed by atoms with Crippen LogP contribution in [-0.2, 0) is 10.0 Å². The third kappa shape index (κ3) is 2.81. The molecule has 0 radical (unpaired) electrons. The first-order chi connectivity index (χ1) is 9.39. The highest BCUT2D eigenvalue weighted by atomic mass is 32.2. The van der Waals surface area contributed by atoms with Gasteiger partial charge >= 0.3 is 0 Å². The minimum absolute atomic E-state index is 0.281. The number of hydrogen-bond acceptors (Lipinski definition) is 4. The molecule has 5 nitrogen and oxygen atoms in total. The van der Waals surface area contributed by atoms with Crippen LogP contribution < -0.4 is 5.32 Å². The van der Waals surface area contributed by atoms with Gasteiger partial charge in [-0.3, -0.25) is 0 Å². The van der Waals surface area contributed by atoms with E-state index in [0.717, 1.165) is 19.3 Å². The first-order valence-corrected chi connectivity index (χ1v) is 8.55. The van der Waals surface area contributed by atoms with E-state index in [4.69, 9.17) is 0 Å². The van der Waals surface area contributed by atoms with Gasteiger partial charge in [-0.05, 0) is 45.2 Å². The van der Waals surface area contributed by atoms with Gasteiger partial charge in [-0.25, -0.2) is 13.4 Å². The Hall–Kier alpha value is -1.14. The van der Waals surface area contributed by atoms with Crippen LogP contribution in [0.5, 0.6) is 0 Å². The van der Waals surface area contributed by atoms with Gasteiger partial charge in [0.15, 0.2) is 0 Å². The van der Waals surface area contributed by atoms with E-state index in [1.165, 1.54) is 0 Å². The predicted octanol–water partition coefficient (Wildman–Crippen LogP) is 2.47. The van der Waals surface area contributed by atoms with Crippen LogP contribution in [0.1, 0.15) is 40.0 Å². The predicted molar refractivity (Wildman–Crippen MR) is 80.2 cm³/mol. The summed E-state index contributed by atoms with van der Waals surface area (Å²) >= 11 is 0. The molecule has 1 aromatic heterocycles. The van der Waals surface area contributed by atoms with Crippen LogP contribution in [0.25, 0.3) is 0 Å². The number of sulfonamides is 1. The van der Waals surface area contributed by atoms with Crippen LogP contribution in [0.4, 0.5) is 5.82 Å². The lowest BCUT2D eigenvalue weighted by Gasteiger charge is -2.31. The monoisotopic (exact) mass is 297 g/mol. The van der Waals surface area contributed by atoms with Crippen molar-refractivity contribution in [2.24, 2.45) is 0 Å². The number of aromatic nitrogens is 1. The lowest BCUT2D eigenvalue weighted by molar-refractivity contribution is 0.292. The maximum absolute atomic E-state index is 12.9.